The van der Waals surface area contributed by atoms with Crippen LogP contribution in [0.25, 0.3) is 10.1 Å². The predicted molar refractivity (Wildman–Crippen MR) is 158 cm³/mol. The summed E-state index contributed by atoms with van der Waals surface area (Å²) < 4.78 is 1.01. The molecule has 8 nitrogen and oxygen atoms in total. The smallest absolute Gasteiger partial charge is 0.303 e. The van der Waals surface area contributed by atoms with E-state index in [2.05, 4.69) is 10.3 Å². The number of aryl methyl sites for hydroxylation is 1. The maximum absolute atomic E-state index is 12.9. The molecule has 0 saturated carbocycles. The minimum absolute atomic E-state index is 0.0248. The molecule has 1 aliphatic rings. The van der Waals surface area contributed by atoms with Crippen molar-refractivity contribution in [1.82, 2.24) is 10.0 Å². The number of carbonyl (C=O) groups is 3. The second kappa shape index (κ2) is 12.8. The van der Waals surface area contributed by atoms with E-state index in [4.69, 9.17) is 33.1 Å². The SMILES string of the molecule is O=C(O)CCc1cnc([C@@H]2CCCN2OCC(=O)Cc2cc(Cl)c(NC(=O)c3csc4ccccc34)cc2Cl)s1. The minimum Gasteiger partial charge on any atom is -0.481 e. The fourth-order valence-corrected chi connectivity index (χ4v) is 7.00. The summed E-state index contributed by atoms with van der Waals surface area (Å²) in [5.74, 6) is -1.30. The molecule has 5 rings (SSSR count). The number of aromatic nitrogens is 1. The first kappa shape index (κ1) is 28.7. The zero-order valence-corrected chi connectivity index (χ0v) is 24.3. The summed E-state index contributed by atoms with van der Waals surface area (Å²) in [6.45, 7) is 0.536. The van der Waals surface area contributed by atoms with Gasteiger partial charge in [0.15, 0.2) is 5.78 Å². The van der Waals surface area contributed by atoms with Crippen LogP contribution < -0.4 is 5.32 Å². The second-order valence-corrected chi connectivity index (χ2v) is 12.2. The molecule has 0 aliphatic carbocycles. The Labute approximate surface area is 248 Å². The highest BCUT2D eigenvalue weighted by atomic mass is 35.5. The van der Waals surface area contributed by atoms with Crippen LogP contribution in [0.4, 0.5) is 5.69 Å². The third-order valence-corrected chi connectivity index (χ3v) is 9.32. The number of nitrogens with one attached hydrogen (secondary N) is 1. The molecular weight excluding hydrogens is 593 g/mol. The lowest BCUT2D eigenvalue weighted by atomic mass is 10.1. The Hall–Kier alpha value is -2.86. The molecule has 0 spiro atoms. The van der Waals surface area contributed by atoms with Crippen molar-refractivity contribution in [3.8, 4) is 0 Å². The summed E-state index contributed by atoms with van der Waals surface area (Å²) in [6, 6.07) is 10.7. The van der Waals surface area contributed by atoms with E-state index in [0.29, 0.717) is 34.8 Å². The number of hydrogen-bond acceptors (Lipinski definition) is 8. The van der Waals surface area contributed by atoms with Crippen molar-refractivity contribution in [3.63, 3.8) is 0 Å². The Kier molecular flexibility index (Phi) is 9.14. The highest BCUT2D eigenvalue weighted by Gasteiger charge is 2.30. The van der Waals surface area contributed by atoms with E-state index in [1.807, 2.05) is 24.3 Å². The Bertz CT molecular complexity index is 1570. The number of thiazole rings is 1. The molecule has 4 aromatic rings. The topological polar surface area (TPSA) is 109 Å². The average Bonchev–Trinajstić information content (AvgIpc) is 3.68. The van der Waals surface area contributed by atoms with Crippen molar-refractivity contribution in [2.24, 2.45) is 0 Å². The van der Waals surface area contributed by atoms with Crippen LogP contribution >= 0.6 is 45.9 Å². The van der Waals surface area contributed by atoms with E-state index in [-0.39, 0.29) is 42.2 Å². The molecule has 1 fully saturated rings. The van der Waals surface area contributed by atoms with Crippen LogP contribution in [0.1, 0.15) is 51.1 Å². The standard InChI is InChI=1S/C28H25Cl2N3O5S2/c29-21-12-23(32-27(37)20-15-39-25-6-2-1-4-19(20)25)22(30)11-16(21)10-17(34)14-38-33-9-3-5-24(33)28-31-13-18(40-28)7-8-26(35)36/h1-2,4,6,11-13,15,24H,3,5,7-10,14H2,(H,32,37)(H,35,36)/t24-/m0/s1. The molecule has 12 heteroatoms. The maximum Gasteiger partial charge on any atom is 0.303 e. The van der Waals surface area contributed by atoms with Gasteiger partial charge < -0.3 is 10.4 Å². The predicted octanol–water partition coefficient (Wildman–Crippen LogP) is 6.81. The summed E-state index contributed by atoms with van der Waals surface area (Å²) >= 11 is 15.9. The largest absolute Gasteiger partial charge is 0.481 e. The molecular formula is C28H25Cl2N3O5S2. The van der Waals surface area contributed by atoms with E-state index in [1.165, 1.54) is 22.7 Å². The molecule has 208 valence electrons. The molecule has 1 aliphatic heterocycles. The van der Waals surface area contributed by atoms with Crippen LogP contribution in [0.15, 0.2) is 48.0 Å². The number of benzene rings is 2. The number of hydroxylamine groups is 2. The van der Waals surface area contributed by atoms with Crippen LogP contribution in [0.5, 0.6) is 0 Å². The number of thiophene rings is 1. The van der Waals surface area contributed by atoms with Crippen molar-refractivity contribution >= 4 is 79.3 Å². The summed E-state index contributed by atoms with van der Waals surface area (Å²) in [6.07, 6.45) is 3.99. The number of carboxylic acids is 1. The fourth-order valence-electron chi connectivity index (χ4n) is 4.54. The van der Waals surface area contributed by atoms with Gasteiger partial charge in [0.05, 0.1) is 28.7 Å². The third kappa shape index (κ3) is 6.71. The van der Waals surface area contributed by atoms with Gasteiger partial charge in [0.2, 0.25) is 0 Å². The minimum atomic E-state index is -0.841. The maximum atomic E-state index is 12.9. The van der Waals surface area contributed by atoms with Gasteiger partial charge in [-0.1, -0.05) is 41.4 Å². The Morgan fingerprint density at radius 1 is 1.18 bits per heavy atom. The number of hydrogen-bond donors (Lipinski definition) is 2. The lowest BCUT2D eigenvalue weighted by molar-refractivity contribution is -0.176. The fraction of sp³-hybridized carbons (Fsp3) is 0.286. The Morgan fingerprint density at radius 3 is 2.83 bits per heavy atom. The molecule has 0 unspecified atom stereocenters. The van der Waals surface area contributed by atoms with E-state index in [9.17, 15) is 14.4 Å². The van der Waals surface area contributed by atoms with Crippen molar-refractivity contribution < 1.29 is 24.3 Å². The molecule has 2 aromatic heterocycles. The summed E-state index contributed by atoms with van der Waals surface area (Å²) in [7, 11) is 0. The number of carboxylic acid groups (broad SMARTS) is 1. The highest BCUT2D eigenvalue weighted by molar-refractivity contribution is 7.17. The van der Waals surface area contributed by atoms with Gasteiger partial charge in [-0.15, -0.1) is 22.7 Å². The van der Waals surface area contributed by atoms with Gasteiger partial charge in [-0.2, -0.15) is 5.06 Å². The van der Waals surface area contributed by atoms with Gasteiger partial charge >= 0.3 is 5.97 Å². The number of aliphatic carboxylic acids is 1. The van der Waals surface area contributed by atoms with Gasteiger partial charge in [-0.3, -0.25) is 19.2 Å². The van der Waals surface area contributed by atoms with Crippen LogP contribution in [0.3, 0.4) is 0 Å². The molecule has 0 radical (unpaired) electrons. The molecule has 1 amide bonds. The van der Waals surface area contributed by atoms with E-state index in [1.54, 1.807) is 28.8 Å². The van der Waals surface area contributed by atoms with Gasteiger partial charge in [0, 0.05) is 44.5 Å². The van der Waals surface area contributed by atoms with Gasteiger partial charge in [0.1, 0.15) is 11.6 Å². The molecule has 1 atom stereocenters. The van der Waals surface area contributed by atoms with E-state index < -0.39 is 5.97 Å². The highest BCUT2D eigenvalue weighted by Crippen LogP contribution is 2.35. The monoisotopic (exact) mass is 617 g/mol. The quantitative estimate of drug-likeness (QED) is 0.190. The summed E-state index contributed by atoms with van der Waals surface area (Å²) in [5.41, 5.74) is 1.46. The first-order valence-electron chi connectivity index (χ1n) is 12.6. The van der Waals surface area contributed by atoms with Crippen LogP contribution in [-0.4, -0.2) is 46.0 Å². The van der Waals surface area contributed by atoms with Crippen molar-refractivity contribution in [2.75, 3.05) is 18.5 Å². The van der Waals surface area contributed by atoms with Gasteiger partial charge in [-0.05, 0) is 43.0 Å². The van der Waals surface area contributed by atoms with Crippen molar-refractivity contribution in [2.45, 2.75) is 38.1 Å². The normalized spacial score (nSPS) is 15.5. The number of halogens is 2. The number of ketones is 1. The number of anilines is 1. The number of carbonyl (C=O) groups excluding carboxylic acids is 2. The zero-order valence-electron chi connectivity index (χ0n) is 21.2. The number of rotatable bonds is 11. The summed E-state index contributed by atoms with van der Waals surface area (Å²) in [4.78, 5) is 47.8. The Morgan fingerprint density at radius 2 is 2.00 bits per heavy atom. The molecule has 0 bridgehead atoms. The van der Waals surface area contributed by atoms with E-state index in [0.717, 1.165) is 32.8 Å². The third-order valence-electron chi connectivity index (χ3n) is 6.53. The van der Waals surface area contributed by atoms with Crippen LogP contribution in [0.2, 0.25) is 10.0 Å². The zero-order chi connectivity index (χ0) is 28.2. The first-order chi connectivity index (χ1) is 19.3. The second-order valence-electron chi connectivity index (χ2n) is 9.37. The van der Waals surface area contributed by atoms with Crippen molar-refractivity contribution in [1.29, 1.82) is 0 Å². The van der Waals surface area contributed by atoms with Crippen LogP contribution in [0, 0.1) is 0 Å². The summed E-state index contributed by atoms with van der Waals surface area (Å²) in [5, 5.41) is 17.6. The number of fused-ring (bicyclic) bond motifs is 1. The van der Waals surface area contributed by atoms with Gasteiger partial charge in [-0.25, -0.2) is 4.98 Å². The lowest BCUT2D eigenvalue weighted by Gasteiger charge is -2.21. The number of amides is 1. The Balaban J connectivity index is 1.17. The molecule has 40 heavy (non-hydrogen) atoms. The molecule has 2 aromatic carbocycles. The molecule has 3 heterocycles. The number of nitrogens with zero attached hydrogens (tertiary/aromatic N) is 2. The first-order valence-corrected chi connectivity index (χ1v) is 15.1. The lowest BCUT2D eigenvalue weighted by Crippen LogP contribution is -2.27. The average molecular weight is 619 g/mol. The van der Waals surface area contributed by atoms with Crippen LogP contribution in [-0.2, 0) is 27.3 Å². The molecule has 2 N–H and O–H groups in total. The van der Waals surface area contributed by atoms with E-state index >= 15 is 0 Å². The van der Waals surface area contributed by atoms with Crippen molar-refractivity contribution in [3.05, 3.63) is 79.0 Å². The number of Topliss-reactive ketones (excluding diaryl/α,β-unsaturated/α-hetero) is 1. The molecule has 1 saturated heterocycles. The van der Waals surface area contributed by atoms with Gasteiger partial charge in [0.25, 0.3) is 5.91 Å².